The summed E-state index contributed by atoms with van der Waals surface area (Å²) >= 11 is 0. The Labute approximate surface area is 132 Å². The lowest BCUT2D eigenvalue weighted by atomic mass is 9.76. The molecule has 5 heteroatoms. The molecule has 2 N–H and O–H groups in total. The SMILES string of the molecule is Cc1nc(N2CC[C@@]3(O)CCNC[C@H]3C2)nc2c1CCCC2. The van der Waals surface area contributed by atoms with Crippen LogP contribution in [0.25, 0.3) is 0 Å². The smallest absolute Gasteiger partial charge is 0.225 e. The van der Waals surface area contributed by atoms with Gasteiger partial charge in [0, 0.05) is 36.9 Å². The molecule has 2 aliphatic heterocycles. The largest absolute Gasteiger partial charge is 0.389 e. The average molecular weight is 302 g/mol. The summed E-state index contributed by atoms with van der Waals surface area (Å²) in [7, 11) is 0. The minimum atomic E-state index is -0.481. The summed E-state index contributed by atoms with van der Waals surface area (Å²) in [4.78, 5) is 11.9. The molecule has 4 rings (SSSR count). The average Bonchev–Trinajstić information content (AvgIpc) is 2.54. The summed E-state index contributed by atoms with van der Waals surface area (Å²) in [5.74, 6) is 1.17. The number of nitrogens with one attached hydrogen (secondary N) is 1. The molecule has 120 valence electrons. The van der Waals surface area contributed by atoms with E-state index < -0.39 is 5.60 Å². The summed E-state index contributed by atoms with van der Waals surface area (Å²) in [6, 6.07) is 0. The number of hydrogen-bond acceptors (Lipinski definition) is 5. The quantitative estimate of drug-likeness (QED) is 0.817. The van der Waals surface area contributed by atoms with E-state index in [1.165, 1.54) is 24.1 Å². The van der Waals surface area contributed by atoms with Crippen LogP contribution in [-0.2, 0) is 12.8 Å². The van der Waals surface area contributed by atoms with Crippen molar-refractivity contribution in [3.8, 4) is 0 Å². The first kappa shape index (κ1) is 14.4. The number of aliphatic hydroxyl groups is 1. The fraction of sp³-hybridized carbons (Fsp3) is 0.765. The van der Waals surface area contributed by atoms with E-state index in [0.717, 1.165) is 63.5 Å². The highest BCUT2D eigenvalue weighted by atomic mass is 16.3. The molecule has 0 saturated carbocycles. The Balaban J connectivity index is 1.59. The highest BCUT2D eigenvalue weighted by Gasteiger charge is 2.43. The van der Waals surface area contributed by atoms with Gasteiger partial charge in [0.15, 0.2) is 0 Å². The molecule has 0 bridgehead atoms. The molecule has 1 aliphatic carbocycles. The van der Waals surface area contributed by atoms with Crippen LogP contribution in [-0.4, -0.2) is 46.9 Å². The second-order valence-corrected chi connectivity index (χ2v) is 7.19. The van der Waals surface area contributed by atoms with E-state index in [4.69, 9.17) is 9.97 Å². The first-order valence-corrected chi connectivity index (χ1v) is 8.70. The number of rotatable bonds is 1. The maximum absolute atomic E-state index is 10.8. The summed E-state index contributed by atoms with van der Waals surface area (Å²) in [6.07, 6.45) is 6.44. The highest BCUT2D eigenvalue weighted by molar-refractivity contribution is 5.39. The third-order valence-electron chi connectivity index (χ3n) is 5.80. The minimum Gasteiger partial charge on any atom is -0.389 e. The lowest BCUT2D eigenvalue weighted by Crippen LogP contribution is -2.59. The maximum atomic E-state index is 10.8. The van der Waals surface area contributed by atoms with Gasteiger partial charge in [-0.1, -0.05) is 0 Å². The molecular formula is C17H26N4O. The predicted molar refractivity (Wildman–Crippen MR) is 86.2 cm³/mol. The van der Waals surface area contributed by atoms with Crippen molar-refractivity contribution in [2.45, 2.75) is 51.0 Å². The van der Waals surface area contributed by atoms with Crippen molar-refractivity contribution in [1.82, 2.24) is 15.3 Å². The zero-order chi connectivity index (χ0) is 15.2. The second kappa shape index (κ2) is 5.46. The molecule has 3 aliphatic rings. The minimum absolute atomic E-state index is 0.287. The highest BCUT2D eigenvalue weighted by Crippen LogP contribution is 2.34. The molecule has 1 aromatic rings. The molecule has 0 amide bonds. The van der Waals surface area contributed by atoms with Crippen LogP contribution in [0.15, 0.2) is 0 Å². The number of anilines is 1. The zero-order valence-electron chi connectivity index (χ0n) is 13.4. The summed E-state index contributed by atoms with van der Waals surface area (Å²) in [5, 5.41) is 14.2. The molecule has 0 spiro atoms. The fourth-order valence-electron chi connectivity index (χ4n) is 4.31. The molecule has 2 saturated heterocycles. The lowest BCUT2D eigenvalue weighted by Gasteiger charge is -2.47. The van der Waals surface area contributed by atoms with E-state index in [-0.39, 0.29) is 5.92 Å². The van der Waals surface area contributed by atoms with Crippen LogP contribution in [0.4, 0.5) is 5.95 Å². The van der Waals surface area contributed by atoms with Gasteiger partial charge in [0.05, 0.1) is 5.60 Å². The molecule has 2 atom stereocenters. The second-order valence-electron chi connectivity index (χ2n) is 7.19. The molecule has 0 radical (unpaired) electrons. The standard InChI is InChI=1S/C17H26N4O/c1-12-14-4-2-3-5-15(14)20-16(19-12)21-9-7-17(22)6-8-18-10-13(17)11-21/h13,18,22H,2-11H2,1H3/t13-,17-/m0/s1. The Hall–Kier alpha value is -1.20. The molecule has 2 fully saturated rings. The molecular weight excluding hydrogens is 276 g/mol. The Kier molecular flexibility index (Phi) is 3.57. The van der Waals surface area contributed by atoms with Crippen molar-refractivity contribution in [2.75, 3.05) is 31.1 Å². The van der Waals surface area contributed by atoms with Crippen molar-refractivity contribution in [3.63, 3.8) is 0 Å². The normalized spacial score (nSPS) is 31.5. The Morgan fingerprint density at radius 2 is 2.09 bits per heavy atom. The van der Waals surface area contributed by atoms with Gasteiger partial charge in [-0.25, -0.2) is 9.97 Å². The van der Waals surface area contributed by atoms with Crippen molar-refractivity contribution in [3.05, 3.63) is 17.0 Å². The van der Waals surface area contributed by atoms with Crippen molar-refractivity contribution >= 4 is 5.95 Å². The van der Waals surface area contributed by atoms with E-state index in [1.54, 1.807) is 0 Å². The molecule has 5 nitrogen and oxygen atoms in total. The van der Waals surface area contributed by atoms with Crippen LogP contribution in [0.1, 0.15) is 42.6 Å². The molecule has 0 unspecified atom stereocenters. The van der Waals surface area contributed by atoms with Crippen LogP contribution in [0.2, 0.25) is 0 Å². The van der Waals surface area contributed by atoms with Gasteiger partial charge in [-0.2, -0.15) is 0 Å². The molecule has 1 aromatic heterocycles. The summed E-state index contributed by atoms with van der Waals surface area (Å²) in [6.45, 7) is 5.68. The monoisotopic (exact) mass is 302 g/mol. The van der Waals surface area contributed by atoms with Crippen molar-refractivity contribution < 1.29 is 5.11 Å². The number of aromatic nitrogens is 2. The van der Waals surface area contributed by atoms with Crippen LogP contribution in [0, 0.1) is 12.8 Å². The molecule has 3 heterocycles. The number of fused-ring (bicyclic) bond motifs is 2. The van der Waals surface area contributed by atoms with E-state index in [1.807, 2.05) is 0 Å². The number of piperidine rings is 2. The number of hydrogen-bond donors (Lipinski definition) is 2. The first-order valence-electron chi connectivity index (χ1n) is 8.70. The van der Waals surface area contributed by atoms with Gasteiger partial charge in [-0.15, -0.1) is 0 Å². The van der Waals surface area contributed by atoms with Crippen LogP contribution < -0.4 is 10.2 Å². The Morgan fingerprint density at radius 1 is 1.23 bits per heavy atom. The van der Waals surface area contributed by atoms with Crippen molar-refractivity contribution in [2.24, 2.45) is 5.92 Å². The van der Waals surface area contributed by atoms with E-state index in [0.29, 0.717) is 0 Å². The van der Waals surface area contributed by atoms with Crippen LogP contribution in [0.5, 0.6) is 0 Å². The summed E-state index contributed by atoms with van der Waals surface area (Å²) in [5.41, 5.74) is 3.31. The third-order valence-corrected chi connectivity index (χ3v) is 5.80. The maximum Gasteiger partial charge on any atom is 0.225 e. The van der Waals surface area contributed by atoms with Gasteiger partial charge in [0.1, 0.15) is 0 Å². The lowest BCUT2D eigenvalue weighted by molar-refractivity contribution is -0.0540. The van der Waals surface area contributed by atoms with Crippen LogP contribution in [0.3, 0.4) is 0 Å². The Bertz CT molecular complexity index is 576. The zero-order valence-corrected chi connectivity index (χ0v) is 13.4. The van der Waals surface area contributed by atoms with Gasteiger partial charge < -0.3 is 15.3 Å². The topological polar surface area (TPSA) is 61.3 Å². The van der Waals surface area contributed by atoms with Gasteiger partial charge in [-0.3, -0.25) is 0 Å². The van der Waals surface area contributed by atoms with Gasteiger partial charge >= 0.3 is 0 Å². The van der Waals surface area contributed by atoms with Crippen LogP contribution >= 0.6 is 0 Å². The van der Waals surface area contributed by atoms with E-state index >= 15 is 0 Å². The molecule has 0 aromatic carbocycles. The fourth-order valence-corrected chi connectivity index (χ4v) is 4.31. The van der Waals surface area contributed by atoms with Gasteiger partial charge in [-0.05, 0) is 57.6 Å². The first-order chi connectivity index (χ1) is 10.7. The number of nitrogens with zero attached hydrogens (tertiary/aromatic N) is 3. The van der Waals surface area contributed by atoms with E-state index in [2.05, 4.69) is 17.1 Å². The third kappa shape index (κ3) is 2.40. The predicted octanol–water partition coefficient (Wildman–Crippen LogP) is 1.21. The van der Waals surface area contributed by atoms with Gasteiger partial charge in [0.2, 0.25) is 5.95 Å². The van der Waals surface area contributed by atoms with Gasteiger partial charge in [0.25, 0.3) is 0 Å². The Morgan fingerprint density at radius 3 is 3.00 bits per heavy atom. The number of aryl methyl sites for hydroxylation is 2. The van der Waals surface area contributed by atoms with Crippen molar-refractivity contribution in [1.29, 1.82) is 0 Å². The summed E-state index contributed by atoms with van der Waals surface area (Å²) < 4.78 is 0. The molecule has 22 heavy (non-hydrogen) atoms. The van der Waals surface area contributed by atoms with E-state index in [9.17, 15) is 5.11 Å².